The molecule has 2 rings (SSSR count). The Balaban J connectivity index is 0.00000144. The highest BCUT2D eigenvalue weighted by Gasteiger charge is 2.21. The zero-order valence-electron chi connectivity index (χ0n) is 9.94. The van der Waals surface area contributed by atoms with Gasteiger partial charge < -0.3 is 10.6 Å². The molecule has 1 aliphatic heterocycles. The van der Waals surface area contributed by atoms with Gasteiger partial charge in [-0.2, -0.15) is 0 Å². The van der Waals surface area contributed by atoms with E-state index in [4.69, 9.17) is 0 Å². The average Bonchev–Trinajstić information content (AvgIpc) is 2.83. The van der Waals surface area contributed by atoms with Gasteiger partial charge in [0.1, 0.15) is 0 Å². The number of halogens is 1. The van der Waals surface area contributed by atoms with Crippen LogP contribution in [-0.4, -0.2) is 25.0 Å². The van der Waals surface area contributed by atoms with Crippen molar-refractivity contribution in [1.82, 2.24) is 10.6 Å². The van der Waals surface area contributed by atoms with Crippen LogP contribution < -0.4 is 10.6 Å². The predicted molar refractivity (Wildman–Crippen MR) is 74.1 cm³/mol. The van der Waals surface area contributed by atoms with Crippen LogP contribution in [0.4, 0.5) is 0 Å². The fourth-order valence-corrected chi connectivity index (χ4v) is 2.74. The molecule has 1 fully saturated rings. The van der Waals surface area contributed by atoms with Crippen LogP contribution in [0.5, 0.6) is 0 Å². The van der Waals surface area contributed by atoms with Gasteiger partial charge in [-0.05, 0) is 50.2 Å². The van der Waals surface area contributed by atoms with Crippen LogP contribution >= 0.6 is 23.7 Å². The summed E-state index contributed by atoms with van der Waals surface area (Å²) in [5.41, 5.74) is 0. The third-order valence-corrected chi connectivity index (χ3v) is 4.01. The van der Waals surface area contributed by atoms with E-state index in [1.807, 2.05) is 17.5 Å². The smallest absolute Gasteiger partial charge is 0.261 e. The van der Waals surface area contributed by atoms with Crippen LogP contribution in [0, 0.1) is 5.92 Å². The van der Waals surface area contributed by atoms with Gasteiger partial charge in [0, 0.05) is 6.04 Å². The number of carbonyl (C=O) groups excluding carboxylic acids is 1. The predicted octanol–water partition coefficient (Wildman–Crippen LogP) is 2.29. The fraction of sp³-hybridized carbons (Fsp3) is 0.583. The number of carbonyl (C=O) groups is 1. The van der Waals surface area contributed by atoms with Crippen molar-refractivity contribution in [2.24, 2.45) is 5.92 Å². The second kappa shape index (κ2) is 6.99. The van der Waals surface area contributed by atoms with Crippen LogP contribution in [0.1, 0.15) is 29.4 Å². The van der Waals surface area contributed by atoms with Crippen LogP contribution in [0.25, 0.3) is 0 Å². The van der Waals surface area contributed by atoms with Crippen molar-refractivity contribution in [3.63, 3.8) is 0 Å². The van der Waals surface area contributed by atoms with Crippen LogP contribution in [-0.2, 0) is 0 Å². The normalized spacial score (nSPS) is 21.4. The van der Waals surface area contributed by atoms with Gasteiger partial charge in [0.25, 0.3) is 5.91 Å². The van der Waals surface area contributed by atoms with Crippen molar-refractivity contribution in [2.45, 2.75) is 25.8 Å². The summed E-state index contributed by atoms with van der Waals surface area (Å²) in [4.78, 5) is 12.6. The van der Waals surface area contributed by atoms with Crippen molar-refractivity contribution >= 4 is 29.7 Å². The Bertz CT molecular complexity index is 336. The molecule has 1 saturated heterocycles. The van der Waals surface area contributed by atoms with Crippen LogP contribution in [0.3, 0.4) is 0 Å². The quantitative estimate of drug-likeness (QED) is 0.888. The third kappa shape index (κ3) is 3.98. The van der Waals surface area contributed by atoms with Gasteiger partial charge in [0.2, 0.25) is 0 Å². The molecule has 0 saturated carbocycles. The lowest BCUT2D eigenvalue weighted by Crippen LogP contribution is -2.44. The molecule has 3 nitrogen and oxygen atoms in total. The van der Waals surface area contributed by atoms with E-state index in [9.17, 15) is 4.79 Å². The molecule has 5 heteroatoms. The molecule has 1 aliphatic rings. The molecular weight excluding hydrogens is 256 g/mol. The Labute approximate surface area is 112 Å². The van der Waals surface area contributed by atoms with E-state index in [2.05, 4.69) is 17.6 Å². The summed E-state index contributed by atoms with van der Waals surface area (Å²) in [6, 6.07) is 4.03. The number of rotatable bonds is 3. The Kier molecular flexibility index (Phi) is 5.95. The number of thiophene rings is 1. The zero-order chi connectivity index (χ0) is 11.4. The van der Waals surface area contributed by atoms with Crippen LogP contribution in [0.15, 0.2) is 17.5 Å². The van der Waals surface area contributed by atoms with Crippen molar-refractivity contribution in [3.8, 4) is 0 Å². The summed E-state index contributed by atoms with van der Waals surface area (Å²) in [5.74, 6) is 0.630. The first-order chi connectivity index (χ1) is 7.77. The minimum atomic E-state index is 0. The van der Waals surface area contributed by atoms with E-state index in [-0.39, 0.29) is 24.4 Å². The monoisotopic (exact) mass is 274 g/mol. The number of amides is 1. The molecule has 1 aromatic rings. The molecule has 1 aromatic heterocycles. The molecule has 2 atom stereocenters. The third-order valence-electron chi connectivity index (χ3n) is 3.15. The first-order valence-electron chi connectivity index (χ1n) is 5.82. The zero-order valence-corrected chi connectivity index (χ0v) is 11.6. The molecule has 0 aromatic carbocycles. The summed E-state index contributed by atoms with van der Waals surface area (Å²) in [5, 5.41) is 8.39. The maximum atomic E-state index is 11.8. The Hall–Kier alpha value is -0.580. The van der Waals surface area contributed by atoms with Gasteiger partial charge in [-0.1, -0.05) is 6.07 Å². The lowest BCUT2D eigenvalue weighted by atomic mass is 9.93. The average molecular weight is 275 g/mol. The van der Waals surface area contributed by atoms with Crippen molar-refractivity contribution in [1.29, 1.82) is 0 Å². The first kappa shape index (κ1) is 14.5. The van der Waals surface area contributed by atoms with E-state index in [1.165, 1.54) is 24.2 Å². The maximum Gasteiger partial charge on any atom is 0.261 e. The molecule has 2 unspecified atom stereocenters. The standard InChI is InChI=1S/C12H18N2OS.ClH/c1-9(10-4-2-6-13-8-10)14-12(15)11-5-3-7-16-11;/h3,5,7,9-10,13H,2,4,6,8H2,1H3,(H,14,15);1H. The van der Waals surface area contributed by atoms with Crippen LogP contribution in [0.2, 0.25) is 0 Å². The lowest BCUT2D eigenvalue weighted by molar-refractivity contribution is 0.0926. The second-order valence-electron chi connectivity index (χ2n) is 4.35. The Morgan fingerprint density at radius 3 is 3.06 bits per heavy atom. The molecule has 0 aliphatic carbocycles. The largest absolute Gasteiger partial charge is 0.349 e. The summed E-state index contributed by atoms with van der Waals surface area (Å²) in [6.07, 6.45) is 2.42. The number of hydrogen-bond donors (Lipinski definition) is 2. The number of piperidine rings is 1. The number of hydrogen-bond acceptors (Lipinski definition) is 3. The molecule has 2 heterocycles. The summed E-state index contributed by atoms with van der Waals surface area (Å²) in [6.45, 7) is 4.23. The molecule has 17 heavy (non-hydrogen) atoms. The summed E-state index contributed by atoms with van der Waals surface area (Å²) >= 11 is 1.49. The maximum absolute atomic E-state index is 11.8. The first-order valence-corrected chi connectivity index (χ1v) is 6.70. The lowest BCUT2D eigenvalue weighted by Gasteiger charge is -2.28. The Morgan fingerprint density at radius 2 is 2.47 bits per heavy atom. The SMILES string of the molecule is CC(NC(=O)c1cccs1)C1CCCNC1.Cl. The van der Waals surface area contributed by atoms with Gasteiger partial charge in [-0.25, -0.2) is 0 Å². The number of nitrogens with one attached hydrogen (secondary N) is 2. The fourth-order valence-electron chi connectivity index (χ4n) is 2.11. The van der Waals surface area contributed by atoms with E-state index >= 15 is 0 Å². The van der Waals surface area contributed by atoms with Gasteiger partial charge in [0.15, 0.2) is 0 Å². The highest BCUT2D eigenvalue weighted by atomic mass is 35.5. The molecule has 1 amide bonds. The summed E-state index contributed by atoms with van der Waals surface area (Å²) < 4.78 is 0. The minimum Gasteiger partial charge on any atom is -0.349 e. The van der Waals surface area contributed by atoms with Crippen molar-refractivity contribution in [2.75, 3.05) is 13.1 Å². The van der Waals surface area contributed by atoms with Crippen molar-refractivity contribution in [3.05, 3.63) is 22.4 Å². The molecule has 0 bridgehead atoms. The molecule has 0 radical (unpaired) electrons. The van der Waals surface area contributed by atoms with Gasteiger partial charge in [-0.15, -0.1) is 23.7 Å². The van der Waals surface area contributed by atoms with E-state index in [0.29, 0.717) is 5.92 Å². The van der Waals surface area contributed by atoms with Gasteiger partial charge >= 0.3 is 0 Å². The highest BCUT2D eigenvalue weighted by Crippen LogP contribution is 2.15. The van der Waals surface area contributed by atoms with Gasteiger partial charge in [-0.3, -0.25) is 4.79 Å². The highest BCUT2D eigenvalue weighted by molar-refractivity contribution is 7.12. The minimum absolute atomic E-state index is 0. The van der Waals surface area contributed by atoms with E-state index in [1.54, 1.807) is 0 Å². The molecule has 0 spiro atoms. The van der Waals surface area contributed by atoms with Gasteiger partial charge in [0.05, 0.1) is 4.88 Å². The molecule has 96 valence electrons. The topological polar surface area (TPSA) is 41.1 Å². The van der Waals surface area contributed by atoms with Crippen molar-refractivity contribution < 1.29 is 4.79 Å². The Morgan fingerprint density at radius 1 is 1.65 bits per heavy atom. The summed E-state index contributed by atoms with van der Waals surface area (Å²) in [7, 11) is 0. The second-order valence-corrected chi connectivity index (χ2v) is 5.29. The van der Waals surface area contributed by atoms with E-state index < -0.39 is 0 Å². The molecular formula is C12H19ClN2OS. The van der Waals surface area contributed by atoms with E-state index in [0.717, 1.165) is 18.0 Å². The molecule has 2 N–H and O–H groups in total.